The Hall–Kier alpha value is -3.31. The molecule has 0 aliphatic heterocycles. The average molecular weight is 396 g/mol. The van der Waals surface area contributed by atoms with Crippen LogP contribution < -0.4 is 10.1 Å². The van der Waals surface area contributed by atoms with Gasteiger partial charge in [-0.2, -0.15) is 0 Å². The van der Waals surface area contributed by atoms with Crippen molar-refractivity contribution in [1.82, 2.24) is 0 Å². The number of hydrogen-bond donors (Lipinski definition) is 1. The van der Waals surface area contributed by atoms with Crippen molar-refractivity contribution in [3.05, 3.63) is 95.0 Å². The van der Waals surface area contributed by atoms with Crippen LogP contribution in [-0.2, 0) is 16.1 Å². The van der Waals surface area contributed by atoms with Gasteiger partial charge in [0.1, 0.15) is 12.4 Å². The van der Waals surface area contributed by atoms with E-state index in [1.807, 2.05) is 30.3 Å². The molecular formula is C22H18ClNO4. The van der Waals surface area contributed by atoms with E-state index in [2.05, 4.69) is 5.32 Å². The summed E-state index contributed by atoms with van der Waals surface area (Å²) in [6.45, 7) is -0.0114. The largest absolute Gasteiger partial charge is 0.489 e. The van der Waals surface area contributed by atoms with Gasteiger partial charge >= 0.3 is 5.97 Å². The van der Waals surface area contributed by atoms with E-state index in [0.717, 1.165) is 11.3 Å². The molecule has 6 heteroatoms. The first-order chi connectivity index (χ1) is 13.6. The van der Waals surface area contributed by atoms with Crippen molar-refractivity contribution in [2.24, 2.45) is 0 Å². The van der Waals surface area contributed by atoms with Crippen LogP contribution in [0.3, 0.4) is 0 Å². The maximum Gasteiger partial charge on any atom is 0.338 e. The van der Waals surface area contributed by atoms with Crippen molar-refractivity contribution in [2.45, 2.75) is 6.61 Å². The van der Waals surface area contributed by atoms with E-state index in [9.17, 15) is 9.59 Å². The number of para-hydroxylation sites is 2. The van der Waals surface area contributed by atoms with Crippen LogP contribution in [0.15, 0.2) is 78.9 Å². The molecule has 3 rings (SSSR count). The standard InChI is InChI=1S/C22H18ClNO4/c23-19-8-4-5-9-20(19)24-21(25)15-28-22(26)17-12-10-16(11-13-17)14-27-18-6-2-1-3-7-18/h1-13H,14-15H2,(H,24,25). The quantitative estimate of drug-likeness (QED) is 0.588. The predicted molar refractivity (Wildman–Crippen MR) is 108 cm³/mol. The van der Waals surface area contributed by atoms with E-state index in [-0.39, 0.29) is 0 Å². The molecule has 0 radical (unpaired) electrons. The van der Waals surface area contributed by atoms with Gasteiger partial charge in [-0.3, -0.25) is 4.79 Å². The maximum absolute atomic E-state index is 12.1. The first-order valence-corrected chi connectivity index (χ1v) is 8.98. The minimum Gasteiger partial charge on any atom is -0.489 e. The van der Waals surface area contributed by atoms with Gasteiger partial charge in [0.2, 0.25) is 0 Å². The van der Waals surface area contributed by atoms with E-state index >= 15 is 0 Å². The minimum atomic E-state index is -0.579. The Morgan fingerprint density at radius 1 is 0.857 bits per heavy atom. The Kier molecular flexibility index (Phi) is 6.65. The summed E-state index contributed by atoms with van der Waals surface area (Å²) in [5, 5.41) is 3.01. The van der Waals surface area contributed by atoms with Crippen LogP contribution in [0.5, 0.6) is 5.75 Å². The lowest BCUT2D eigenvalue weighted by Gasteiger charge is -2.09. The fourth-order valence-corrected chi connectivity index (χ4v) is 2.57. The SMILES string of the molecule is O=C(COC(=O)c1ccc(COc2ccccc2)cc1)Nc1ccccc1Cl. The summed E-state index contributed by atoms with van der Waals surface area (Å²) in [4.78, 5) is 24.0. The monoisotopic (exact) mass is 395 g/mol. The van der Waals surface area contributed by atoms with Crippen LogP contribution in [0.4, 0.5) is 5.69 Å². The Morgan fingerprint density at radius 2 is 1.54 bits per heavy atom. The molecule has 3 aromatic carbocycles. The smallest absolute Gasteiger partial charge is 0.338 e. The second-order valence-electron chi connectivity index (χ2n) is 5.90. The van der Waals surface area contributed by atoms with Gasteiger partial charge in [-0.25, -0.2) is 4.79 Å². The molecule has 0 atom stereocenters. The molecule has 28 heavy (non-hydrogen) atoms. The molecule has 0 saturated carbocycles. The zero-order valence-corrected chi connectivity index (χ0v) is 15.7. The number of anilines is 1. The maximum atomic E-state index is 12.1. The van der Waals surface area contributed by atoms with E-state index in [4.69, 9.17) is 21.1 Å². The number of nitrogens with one attached hydrogen (secondary N) is 1. The first kappa shape index (κ1) is 19.5. The Morgan fingerprint density at radius 3 is 2.25 bits per heavy atom. The molecule has 1 N–H and O–H groups in total. The molecule has 0 heterocycles. The Bertz CT molecular complexity index is 942. The van der Waals surface area contributed by atoms with Crippen molar-refractivity contribution in [1.29, 1.82) is 0 Å². The van der Waals surface area contributed by atoms with Gasteiger partial charge < -0.3 is 14.8 Å². The number of rotatable bonds is 7. The summed E-state index contributed by atoms with van der Waals surface area (Å²) in [6, 6.07) is 23.1. The van der Waals surface area contributed by atoms with Gasteiger partial charge in [-0.1, -0.05) is 54.1 Å². The highest BCUT2D eigenvalue weighted by Gasteiger charge is 2.11. The fraction of sp³-hybridized carbons (Fsp3) is 0.0909. The summed E-state index contributed by atoms with van der Waals surface area (Å²) in [7, 11) is 0. The van der Waals surface area contributed by atoms with Crippen molar-refractivity contribution in [2.75, 3.05) is 11.9 Å². The van der Waals surface area contributed by atoms with Gasteiger partial charge in [0, 0.05) is 0 Å². The number of hydrogen-bond acceptors (Lipinski definition) is 4. The van der Waals surface area contributed by atoms with Gasteiger partial charge in [0.15, 0.2) is 6.61 Å². The van der Waals surface area contributed by atoms with Crippen LogP contribution in [0.2, 0.25) is 5.02 Å². The molecule has 5 nitrogen and oxygen atoms in total. The van der Waals surface area contributed by atoms with Crippen LogP contribution >= 0.6 is 11.6 Å². The number of amides is 1. The number of benzene rings is 3. The summed E-state index contributed by atoms with van der Waals surface area (Å²) in [5.41, 5.74) is 1.74. The van der Waals surface area contributed by atoms with Gasteiger partial charge in [0.05, 0.1) is 16.3 Å². The predicted octanol–water partition coefficient (Wildman–Crippen LogP) is 4.71. The molecule has 0 spiro atoms. The van der Waals surface area contributed by atoms with E-state index in [0.29, 0.717) is 22.9 Å². The molecule has 142 valence electrons. The molecule has 0 aliphatic carbocycles. The average Bonchev–Trinajstić information content (AvgIpc) is 2.73. The highest BCUT2D eigenvalue weighted by atomic mass is 35.5. The summed E-state index contributed by atoms with van der Waals surface area (Å²) in [5.74, 6) is -0.269. The lowest BCUT2D eigenvalue weighted by atomic mass is 10.1. The lowest BCUT2D eigenvalue weighted by Crippen LogP contribution is -2.21. The summed E-state index contributed by atoms with van der Waals surface area (Å²) in [6.07, 6.45) is 0. The van der Waals surface area contributed by atoms with Gasteiger partial charge in [-0.05, 0) is 42.0 Å². The number of carbonyl (C=O) groups excluding carboxylic acids is 2. The van der Waals surface area contributed by atoms with Crippen molar-refractivity contribution < 1.29 is 19.1 Å². The molecule has 0 aliphatic rings. The van der Waals surface area contributed by atoms with Crippen LogP contribution in [0, 0.1) is 0 Å². The van der Waals surface area contributed by atoms with E-state index in [1.54, 1.807) is 48.5 Å². The lowest BCUT2D eigenvalue weighted by molar-refractivity contribution is -0.119. The zero-order chi connectivity index (χ0) is 19.8. The minimum absolute atomic E-state index is 0.356. The molecule has 0 bridgehead atoms. The molecule has 1 amide bonds. The highest BCUT2D eigenvalue weighted by Crippen LogP contribution is 2.20. The molecule has 0 unspecified atom stereocenters. The normalized spacial score (nSPS) is 10.2. The van der Waals surface area contributed by atoms with Crippen LogP contribution in [0.1, 0.15) is 15.9 Å². The fourth-order valence-electron chi connectivity index (χ4n) is 2.38. The van der Waals surface area contributed by atoms with E-state index in [1.165, 1.54) is 0 Å². The Labute approximate surface area is 167 Å². The van der Waals surface area contributed by atoms with Gasteiger partial charge in [-0.15, -0.1) is 0 Å². The van der Waals surface area contributed by atoms with Gasteiger partial charge in [0.25, 0.3) is 5.91 Å². The zero-order valence-electron chi connectivity index (χ0n) is 14.9. The van der Waals surface area contributed by atoms with Crippen LogP contribution in [-0.4, -0.2) is 18.5 Å². The van der Waals surface area contributed by atoms with Crippen molar-refractivity contribution in [3.8, 4) is 5.75 Å². The topological polar surface area (TPSA) is 64.6 Å². The molecule has 0 saturated heterocycles. The summed E-state index contributed by atoms with van der Waals surface area (Å²) >= 11 is 5.97. The number of carbonyl (C=O) groups is 2. The molecule has 0 fully saturated rings. The second kappa shape index (κ2) is 9.58. The Balaban J connectivity index is 1.47. The van der Waals surface area contributed by atoms with Crippen molar-refractivity contribution in [3.63, 3.8) is 0 Å². The van der Waals surface area contributed by atoms with Crippen LogP contribution in [0.25, 0.3) is 0 Å². The third-order valence-corrected chi connectivity index (χ3v) is 4.15. The molecule has 0 aromatic heterocycles. The third-order valence-electron chi connectivity index (χ3n) is 3.82. The molecular weight excluding hydrogens is 378 g/mol. The highest BCUT2D eigenvalue weighted by molar-refractivity contribution is 6.33. The number of halogens is 1. The number of esters is 1. The number of ether oxygens (including phenoxy) is 2. The second-order valence-corrected chi connectivity index (χ2v) is 6.31. The third kappa shape index (κ3) is 5.59. The van der Waals surface area contributed by atoms with Crippen molar-refractivity contribution >= 4 is 29.2 Å². The van der Waals surface area contributed by atoms with E-state index < -0.39 is 18.5 Å². The first-order valence-electron chi connectivity index (χ1n) is 8.60. The summed E-state index contributed by atoms with van der Waals surface area (Å²) < 4.78 is 10.7. The molecule has 3 aromatic rings.